The van der Waals surface area contributed by atoms with Gasteiger partial charge in [-0.15, -0.1) is 0 Å². The largest absolute Gasteiger partial charge is 0.481 e. The molecule has 0 heterocycles. The lowest BCUT2D eigenvalue weighted by atomic mass is 9.86. The summed E-state index contributed by atoms with van der Waals surface area (Å²) in [5.41, 5.74) is 2.33. The van der Waals surface area contributed by atoms with E-state index in [1.807, 2.05) is 38.1 Å². The Hall–Kier alpha value is -2.04. The van der Waals surface area contributed by atoms with Crippen LogP contribution in [0, 0.1) is 12.8 Å². The third-order valence-corrected chi connectivity index (χ3v) is 4.70. The standard InChI is InChI=1S/C18H26N2O3/c1-3-20(12-15-7-5-4-6-13(15)2)18(23)19-16-10-8-14(9-11-16)17(21)22/h4-7,14,16H,3,8-12H2,1-2H3,(H,19,23)(H,21,22). The van der Waals surface area contributed by atoms with E-state index in [9.17, 15) is 9.59 Å². The lowest BCUT2D eigenvalue weighted by Crippen LogP contribution is -2.46. The molecule has 0 spiro atoms. The third kappa shape index (κ3) is 4.71. The van der Waals surface area contributed by atoms with Crippen molar-refractivity contribution in [1.29, 1.82) is 0 Å². The highest BCUT2D eigenvalue weighted by molar-refractivity contribution is 5.74. The van der Waals surface area contributed by atoms with Crippen molar-refractivity contribution in [2.75, 3.05) is 6.54 Å². The van der Waals surface area contributed by atoms with Crippen molar-refractivity contribution in [2.24, 2.45) is 5.92 Å². The fourth-order valence-corrected chi connectivity index (χ4v) is 3.07. The Kier molecular flexibility index (Phi) is 6.02. The summed E-state index contributed by atoms with van der Waals surface area (Å²) in [6.45, 7) is 5.26. The van der Waals surface area contributed by atoms with Gasteiger partial charge in [0.05, 0.1) is 5.92 Å². The Labute approximate surface area is 137 Å². The van der Waals surface area contributed by atoms with Gasteiger partial charge in [-0.2, -0.15) is 0 Å². The van der Waals surface area contributed by atoms with Crippen LogP contribution in [0.15, 0.2) is 24.3 Å². The maximum absolute atomic E-state index is 12.5. The van der Waals surface area contributed by atoms with Crippen molar-refractivity contribution < 1.29 is 14.7 Å². The number of nitrogens with zero attached hydrogens (tertiary/aromatic N) is 1. The Morgan fingerprint density at radius 3 is 2.43 bits per heavy atom. The summed E-state index contributed by atoms with van der Waals surface area (Å²) >= 11 is 0. The Balaban J connectivity index is 1.88. The van der Waals surface area contributed by atoms with Crippen LogP contribution >= 0.6 is 0 Å². The van der Waals surface area contributed by atoms with E-state index in [4.69, 9.17) is 5.11 Å². The van der Waals surface area contributed by atoms with Crippen LogP contribution in [-0.2, 0) is 11.3 Å². The summed E-state index contributed by atoms with van der Waals surface area (Å²) in [7, 11) is 0. The topological polar surface area (TPSA) is 69.6 Å². The molecule has 1 aromatic rings. The molecule has 1 saturated carbocycles. The van der Waals surface area contributed by atoms with Crippen LogP contribution in [0.25, 0.3) is 0 Å². The quantitative estimate of drug-likeness (QED) is 0.876. The molecule has 23 heavy (non-hydrogen) atoms. The molecule has 2 rings (SSSR count). The van der Waals surface area contributed by atoms with Crippen LogP contribution in [0.1, 0.15) is 43.7 Å². The van der Waals surface area contributed by atoms with Crippen molar-refractivity contribution in [1.82, 2.24) is 10.2 Å². The number of benzene rings is 1. The second-order valence-corrected chi connectivity index (χ2v) is 6.28. The highest BCUT2D eigenvalue weighted by atomic mass is 16.4. The minimum atomic E-state index is -0.718. The molecule has 0 aliphatic heterocycles. The summed E-state index contributed by atoms with van der Waals surface area (Å²) in [5, 5.41) is 12.1. The first kappa shape index (κ1) is 17.3. The van der Waals surface area contributed by atoms with Gasteiger partial charge in [-0.05, 0) is 50.7 Å². The predicted octanol–water partition coefficient (Wildman–Crippen LogP) is 3.17. The van der Waals surface area contributed by atoms with Gasteiger partial charge in [0, 0.05) is 19.1 Å². The van der Waals surface area contributed by atoms with E-state index in [0.717, 1.165) is 18.4 Å². The number of hydrogen-bond donors (Lipinski definition) is 2. The lowest BCUT2D eigenvalue weighted by molar-refractivity contribution is -0.142. The second-order valence-electron chi connectivity index (χ2n) is 6.28. The molecular weight excluding hydrogens is 292 g/mol. The molecule has 0 bridgehead atoms. The molecule has 2 N–H and O–H groups in total. The highest BCUT2D eigenvalue weighted by Crippen LogP contribution is 2.24. The first-order valence-electron chi connectivity index (χ1n) is 8.34. The predicted molar refractivity (Wildman–Crippen MR) is 89.2 cm³/mol. The van der Waals surface area contributed by atoms with Crippen molar-refractivity contribution in [3.63, 3.8) is 0 Å². The van der Waals surface area contributed by atoms with Crippen LogP contribution in [0.3, 0.4) is 0 Å². The number of carboxylic acids is 1. The van der Waals surface area contributed by atoms with Crippen molar-refractivity contribution in [3.8, 4) is 0 Å². The number of carbonyl (C=O) groups excluding carboxylic acids is 1. The Morgan fingerprint density at radius 1 is 1.22 bits per heavy atom. The molecule has 0 aromatic heterocycles. The number of urea groups is 1. The number of hydrogen-bond acceptors (Lipinski definition) is 2. The van der Waals surface area contributed by atoms with E-state index in [0.29, 0.717) is 25.9 Å². The first-order valence-corrected chi connectivity index (χ1v) is 8.34. The molecule has 126 valence electrons. The maximum atomic E-state index is 12.5. The number of amides is 2. The number of nitrogens with one attached hydrogen (secondary N) is 1. The highest BCUT2D eigenvalue weighted by Gasteiger charge is 2.27. The van der Waals surface area contributed by atoms with Gasteiger partial charge in [-0.3, -0.25) is 4.79 Å². The van der Waals surface area contributed by atoms with Crippen LogP contribution < -0.4 is 5.32 Å². The molecule has 1 aliphatic carbocycles. The van der Waals surface area contributed by atoms with Crippen LogP contribution in [0.4, 0.5) is 4.79 Å². The minimum absolute atomic E-state index is 0.0606. The molecule has 1 aromatic carbocycles. The van der Waals surface area contributed by atoms with Gasteiger partial charge in [-0.25, -0.2) is 4.79 Å². The number of carboxylic acid groups (broad SMARTS) is 1. The zero-order chi connectivity index (χ0) is 16.8. The van der Waals surface area contributed by atoms with Crippen molar-refractivity contribution in [3.05, 3.63) is 35.4 Å². The van der Waals surface area contributed by atoms with E-state index in [1.54, 1.807) is 4.90 Å². The summed E-state index contributed by atoms with van der Waals surface area (Å²) in [6, 6.07) is 8.10. The van der Waals surface area contributed by atoms with Crippen LogP contribution in [0.2, 0.25) is 0 Å². The van der Waals surface area contributed by atoms with Gasteiger partial charge in [0.1, 0.15) is 0 Å². The lowest BCUT2D eigenvalue weighted by Gasteiger charge is -2.30. The number of aryl methyl sites for hydroxylation is 1. The molecular formula is C18H26N2O3. The Bertz CT molecular complexity index is 551. The molecule has 0 unspecified atom stereocenters. The molecule has 5 heteroatoms. The normalized spacial score (nSPS) is 20.8. The monoisotopic (exact) mass is 318 g/mol. The van der Waals surface area contributed by atoms with E-state index < -0.39 is 5.97 Å². The molecule has 0 radical (unpaired) electrons. The van der Waals surface area contributed by atoms with E-state index in [2.05, 4.69) is 5.32 Å². The summed E-state index contributed by atoms with van der Waals surface area (Å²) in [4.78, 5) is 25.2. The summed E-state index contributed by atoms with van der Waals surface area (Å²) in [6.07, 6.45) is 2.77. The number of carbonyl (C=O) groups is 2. The third-order valence-electron chi connectivity index (χ3n) is 4.70. The molecule has 5 nitrogen and oxygen atoms in total. The van der Waals surface area contributed by atoms with Gasteiger partial charge in [-0.1, -0.05) is 24.3 Å². The number of aliphatic carboxylic acids is 1. The molecule has 1 aliphatic rings. The molecule has 0 atom stereocenters. The molecule has 2 amide bonds. The fraction of sp³-hybridized carbons (Fsp3) is 0.556. The molecule has 0 saturated heterocycles. The second kappa shape index (κ2) is 7.99. The summed E-state index contributed by atoms with van der Waals surface area (Å²) in [5.74, 6) is -0.970. The number of rotatable bonds is 5. The zero-order valence-electron chi connectivity index (χ0n) is 13.9. The van der Waals surface area contributed by atoms with Crippen molar-refractivity contribution in [2.45, 2.75) is 52.1 Å². The zero-order valence-corrected chi connectivity index (χ0v) is 13.9. The van der Waals surface area contributed by atoms with Gasteiger partial charge < -0.3 is 15.3 Å². The first-order chi connectivity index (χ1) is 11.0. The average molecular weight is 318 g/mol. The van der Waals surface area contributed by atoms with E-state index in [-0.39, 0.29) is 18.0 Å². The fourth-order valence-electron chi connectivity index (χ4n) is 3.07. The summed E-state index contributed by atoms with van der Waals surface area (Å²) < 4.78 is 0. The van der Waals surface area contributed by atoms with Gasteiger partial charge in [0.15, 0.2) is 0 Å². The van der Waals surface area contributed by atoms with Crippen molar-refractivity contribution >= 4 is 12.0 Å². The molecule has 1 fully saturated rings. The van der Waals surface area contributed by atoms with Crippen LogP contribution in [0.5, 0.6) is 0 Å². The average Bonchev–Trinajstić information content (AvgIpc) is 2.54. The van der Waals surface area contributed by atoms with E-state index >= 15 is 0 Å². The van der Waals surface area contributed by atoms with Gasteiger partial charge in [0.2, 0.25) is 0 Å². The smallest absolute Gasteiger partial charge is 0.317 e. The maximum Gasteiger partial charge on any atom is 0.317 e. The van der Waals surface area contributed by atoms with Crippen LogP contribution in [-0.4, -0.2) is 34.6 Å². The van der Waals surface area contributed by atoms with Gasteiger partial charge in [0.25, 0.3) is 0 Å². The SMILES string of the molecule is CCN(Cc1ccccc1C)C(=O)NC1CCC(C(=O)O)CC1. The minimum Gasteiger partial charge on any atom is -0.481 e. The van der Waals surface area contributed by atoms with Gasteiger partial charge >= 0.3 is 12.0 Å². The Morgan fingerprint density at radius 2 is 1.87 bits per heavy atom. The van der Waals surface area contributed by atoms with E-state index in [1.165, 1.54) is 5.56 Å².